The fourth-order valence-corrected chi connectivity index (χ4v) is 3.27. The zero-order chi connectivity index (χ0) is 12.4. The molecule has 0 amide bonds. The van der Waals surface area contributed by atoms with E-state index in [2.05, 4.69) is 0 Å². The van der Waals surface area contributed by atoms with Crippen LogP contribution in [0.1, 0.15) is 16.5 Å². The Bertz CT molecular complexity index is 504. The normalized spacial score (nSPS) is 12.7. The fraction of sp³-hybridized carbons (Fsp3) is 0.167. The molecule has 0 radical (unpaired) electrons. The molecule has 0 saturated carbocycles. The summed E-state index contributed by atoms with van der Waals surface area (Å²) in [7, 11) is 0. The molecular weight excluding hydrogens is 297 g/mol. The van der Waals surface area contributed by atoms with Crippen molar-refractivity contribution >= 4 is 46.1 Å². The first-order valence-corrected chi connectivity index (χ1v) is 6.95. The molecule has 5 heteroatoms. The third kappa shape index (κ3) is 3.60. The Labute approximate surface area is 119 Å². The summed E-state index contributed by atoms with van der Waals surface area (Å²) in [6, 6.07) is 9.11. The van der Waals surface area contributed by atoms with Gasteiger partial charge in [0.25, 0.3) is 0 Å². The molecule has 90 valence electrons. The quantitative estimate of drug-likeness (QED) is 0.853. The lowest BCUT2D eigenvalue weighted by molar-refractivity contribution is 0.730. The highest BCUT2D eigenvalue weighted by Gasteiger charge is 2.10. The molecule has 1 aromatic heterocycles. The van der Waals surface area contributed by atoms with Gasteiger partial charge >= 0.3 is 0 Å². The minimum Gasteiger partial charge on any atom is -0.324 e. The van der Waals surface area contributed by atoms with Crippen molar-refractivity contribution < 1.29 is 0 Å². The Kier molecular flexibility index (Phi) is 4.34. The van der Waals surface area contributed by atoms with Crippen molar-refractivity contribution in [2.24, 2.45) is 5.73 Å². The van der Waals surface area contributed by atoms with Gasteiger partial charge in [0, 0.05) is 27.4 Å². The van der Waals surface area contributed by atoms with Gasteiger partial charge in [0.1, 0.15) is 0 Å². The first kappa shape index (κ1) is 13.2. The minimum atomic E-state index is -0.124. The van der Waals surface area contributed by atoms with Crippen molar-refractivity contribution in [1.82, 2.24) is 0 Å². The van der Waals surface area contributed by atoms with Gasteiger partial charge in [-0.25, -0.2) is 0 Å². The number of hydrogen-bond acceptors (Lipinski definition) is 2. The van der Waals surface area contributed by atoms with Gasteiger partial charge < -0.3 is 5.73 Å². The molecule has 0 spiro atoms. The molecule has 0 aliphatic carbocycles. The van der Waals surface area contributed by atoms with E-state index in [1.165, 1.54) is 11.3 Å². The highest BCUT2D eigenvalue weighted by atomic mass is 35.5. The predicted molar refractivity (Wildman–Crippen MR) is 76.4 cm³/mol. The molecule has 17 heavy (non-hydrogen) atoms. The van der Waals surface area contributed by atoms with Gasteiger partial charge in [-0.3, -0.25) is 0 Å². The molecular formula is C12H10Cl3NS. The average Bonchev–Trinajstić information content (AvgIpc) is 2.62. The van der Waals surface area contributed by atoms with Crippen molar-refractivity contribution in [3.05, 3.63) is 55.2 Å². The molecule has 1 heterocycles. The second-order valence-corrected chi connectivity index (χ2v) is 6.39. The van der Waals surface area contributed by atoms with E-state index in [1.807, 2.05) is 24.3 Å². The van der Waals surface area contributed by atoms with Crippen molar-refractivity contribution in [2.75, 3.05) is 0 Å². The Morgan fingerprint density at radius 1 is 1.06 bits per heavy atom. The Hall–Kier alpha value is -0.250. The molecule has 0 fully saturated rings. The number of halogens is 3. The third-order valence-electron chi connectivity index (χ3n) is 2.36. The lowest BCUT2D eigenvalue weighted by Crippen LogP contribution is -2.12. The van der Waals surface area contributed by atoms with E-state index in [0.29, 0.717) is 10.0 Å². The van der Waals surface area contributed by atoms with Crippen LogP contribution in [0.15, 0.2) is 30.3 Å². The maximum absolute atomic E-state index is 6.12. The molecule has 0 aliphatic heterocycles. The van der Waals surface area contributed by atoms with Crippen molar-refractivity contribution in [3.63, 3.8) is 0 Å². The van der Waals surface area contributed by atoms with Crippen LogP contribution in [0.5, 0.6) is 0 Å². The highest BCUT2D eigenvalue weighted by molar-refractivity contribution is 7.16. The van der Waals surface area contributed by atoms with Crippen LogP contribution in [0, 0.1) is 0 Å². The summed E-state index contributed by atoms with van der Waals surface area (Å²) in [5, 5.41) is 1.21. The summed E-state index contributed by atoms with van der Waals surface area (Å²) in [5.74, 6) is 0. The predicted octanol–water partition coefficient (Wildman–Crippen LogP) is 4.95. The summed E-state index contributed by atoms with van der Waals surface area (Å²) in [4.78, 5) is 1.15. The van der Waals surface area contributed by atoms with Gasteiger partial charge in [-0.15, -0.1) is 11.3 Å². The van der Waals surface area contributed by atoms with Gasteiger partial charge in [-0.2, -0.15) is 0 Å². The summed E-state index contributed by atoms with van der Waals surface area (Å²) < 4.78 is 0.774. The van der Waals surface area contributed by atoms with Crippen LogP contribution in [0.4, 0.5) is 0 Å². The third-order valence-corrected chi connectivity index (χ3v) is 4.05. The average molecular weight is 307 g/mol. The lowest BCUT2D eigenvalue weighted by Gasteiger charge is -2.11. The van der Waals surface area contributed by atoms with E-state index in [0.717, 1.165) is 21.2 Å². The summed E-state index contributed by atoms with van der Waals surface area (Å²) >= 11 is 19.3. The first-order chi connectivity index (χ1) is 8.04. The monoisotopic (exact) mass is 305 g/mol. The smallest absolute Gasteiger partial charge is 0.0931 e. The van der Waals surface area contributed by atoms with E-state index in [-0.39, 0.29) is 6.04 Å². The molecule has 1 unspecified atom stereocenters. The number of nitrogens with two attached hydrogens (primary N) is 1. The molecule has 0 saturated heterocycles. The molecule has 0 bridgehead atoms. The molecule has 0 aliphatic rings. The summed E-state index contributed by atoms with van der Waals surface area (Å²) in [6.07, 6.45) is 0.730. The van der Waals surface area contributed by atoms with E-state index >= 15 is 0 Å². The van der Waals surface area contributed by atoms with Crippen LogP contribution in [0.2, 0.25) is 14.4 Å². The van der Waals surface area contributed by atoms with Gasteiger partial charge in [-0.05, 0) is 35.9 Å². The van der Waals surface area contributed by atoms with Gasteiger partial charge in [-0.1, -0.05) is 34.8 Å². The number of rotatable bonds is 3. The Morgan fingerprint density at radius 3 is 2.24 bits per heavy atom. The molecule has 1 atom stereocenters. The molecule has 2 rings (SSSR count). The van der Waals surface area contributed by atoms with E-state index < -0.39 is 0 Å². The van der Waals surface area contributed by atoms with Gasteiger partial charge in [0.05, 0.1) is 4.34 Å². The Morgan fingerprint density at radius 2 is 1.71 bits per heavy atom. The van der Waals surface area contributed by atoms with Crippen molar-refractivity contribution in [3.8, 4) is 0 Å². The molecule has 2 aromatic rings. The van der Waals surface area contributed by atoms with E-state index in [1.54, 1.807) is 6.07 Å². The zero-order valence-corrected chi connectivity index (χ0v) is 11.9. The van der Waals surface area contributed by atoms with Crippen LogP contribution in [0.3, 0.4) is 0 Å². The minimum absolute atomic E-state index is 0.124. The zero-order valence-electron chi connectivity index (χ0n) is 8.79. The topological polar surface area (TPSA) is 26.0 Å². The highest BCUT2D eigenvalue weighted by Crippen LogP contribution is 2.28. The van der Waals surface area contributed by atoms with E-state index in [4.69, 9.17) is 40.5 Å². The summed E-state index contributed by atoms with van der Waals surface area (Å²) in [6.45, 7) is 0. The second kappa shape index (κ2) is 5.59. The van der Waals surface area contributed by atoms with Crippen LogP contribution in [-0.2, 0) is 6.42 Å². The lowest BCUT2D eigenvalue weighted by atomic mass is 10.0. The molecule has 2 N–H and O–H groups in total. The number of benzene rings is 1. The maximum Gasteiger partial charge on any atom is 0.0931 e. The van der Waals surface area contributed by atoms with Gasteiger partial charge in [0.2, 0.25) is 0 Å². The molecule has 1 nitrogen and oxygen atoms in total. The largest absolute Gasteiger partial charge is 0.324 e. The van der Waals surface area contributed by atoms with Crippen LogP contribution in [-0.4, -0.2) is 0 Å². The fourth-order valence-electron chi connectivity index (χ4n) is 1.59. The van der Waals surface area contributed by atoms with Crippen molar-refractivity contribution in [2.45, 2.75) is 12.5 Å². The number of thiophene rings is 1. The molecule has 1 aromatic carbocycles. The van der Waals surface area contributed by atoms with Crippen LogP contribution in [0.25, 0.3) is 0 Å². The maximum atomic E-state index is 6.12. The standard InChI is InChI=1S/C12H10Cl3NS/c13-8-3-7(4-9(14)5-8)11(16)6-10-1-2-12(15)17-10/h1-5,11H,6,16H2. The summed E-state index contributed by atoms with van der Waals surface area (Å²) in [5.41, 5.74) is 7.06. The van der Waals surface area contributed by atoms with Crippen LogP contribution < -0.4 is 5.73 Å². The van der Waals surface area contributed by atoms with Crippen LogP contribution >= 0.6 is 46.1 Å². The van der Waals surface area contributed by atoms with Crippen molar-refractivity contribution in [1.29, 1.82) is 0 Å². The van der Waals surface area contributed by atoms with E-state index in [9.17, 15) is 0 Å². The number of hydrogen-bond donors (Lipinski definition) is 1. The van der Waals surface area contributed by atoms with Gasteiger partial charge in [0.15, 0.2) is 0 Å². The first-order valence-electron chi connectivity index (χ1n) is 5.00. The second-order valence-electron chi connectivity index (χ2n) is 3.72. The SMILES string of the molecule is NC(Cc1ccc(Cl)s1)c1cc(Cl)cc(Cl)c1. The Balaban J connectivity index is 2.16.